The Hall–Kier alpha value is -1.91. The second-order valence-corrected chi connectivity index (χ2v) is 3.18. The summed E-state index contributed by atoms with van der Waals surface area (Å²) in [6.07, 6.45) is 8.04. The maximum atomic E-state index is 11.5. The van der Waals surface area contributed by atoms with Crippen molar-refractivity contribution in [3.63, 3.8) is 0 Å². The first-order chi connectivity index (χ1) is 7.33. The normalized spacial score (nSPS) is 11.5. The fourth-order valence-corrected chi connectivity index (χ4v) is 1.41. The zero-order chi connectivity index (χ0) is 10.7. The van der Waals surface area contributed by atoms with Gasteiger partial charge in [-0.2, -0.15) is 0 Å². The van der Waals surface area contributed by atoms with Crippen LogP contribution in [0.4, 0.5) is 0 Å². The van der Waals surface area contributed by atoms with E-state index in [-0.39, 0.29) is 5.56 Å². The van der Waals surface area contributed by atoms with Crippen LogP contribution in [0.5, 0.6) is 0 Å². The topological polar surface area (TPSA) is 63.6 Å². The van der Waals surface area contributed by atoms with Gasteiger partial charge in [0.15, 0.2) is 11.2 Å². The quantitative estimate of drug-likeness (QED) is 0.761. The van der Waals surface area contributed by atoms with E-state index in [1.54, 1.807) is 10.9 Å². The number of imidazole rings is 1. The predicted octanol–water partition coefficient (Wildman–Crippen LogP) is 1.09. The minimum absolute atomic E-state index is 0.151. The van der Waals surface area contributed by atoms with Gasteiger partial charge in [0, 0.05) is 6.54 Å². The number of aromatic amines is 1. The van der Waals surface area contributed by atoms with Gasteiger partial charge in [-0.3, -0.25) is 4.79 Å². The fraction of sp³-hybridized carbons (Fsp3) is 0.300. The van der Waals surface area contributed by atoms with Crippen LogP contribution < -0.4 is 5.56 Å². The van der Waals surface area contributed by atoms with Crippen LogP contribution in [0.1, 0.15) is 13.3 Å². The van der Waals surface area contributed by atoms with E-state index in [2.05, 4.69) is 28.0 Å². The minimum Gasteiger partial charge on any atom is -0.321 e. The van der Waals surface area contributed by atoms with Crippen molar-refractivity contribution in [1.82, 2.24) is 19.5 Å². The Bertz CT molecular complexity index is 538. The van der Waals surface area contributed by atoms with Crippen LogP contribution >= 0.6 is 0 Å². The number of H-pyrrole nitrogens is 1. The summed E-state index contributed by atoms with van der Waals surface area (Å²) in [7, 11) is 0. The second-order valence-electron chi connectivity index (χ2n) is 3.18. The molecule has 78 valence electrons. The summed E-state index contributed by atoms with van der Waals surface area (Å²) in [5, 5.41) is 0. The molecule has 0 fully saturated rings. The van der Waals surface area contributed by atoms with E-state index in [4.69, 9.17) is 0 Å². The third kappa shape index (κ3) is 1.81. The zero-order valence-electron chi connectivity index (χ0n) is 8.47. The number of hydrogen-bond donors (Lipinski definition) is 1. The average Bonchev–Trinajstić information content (AvgIpc) is 2.63. The highest BCUT2D eigenvalue weighted by molar-refractivity contribution is 5.68. The molecule has 0 bridgehead atoms. The summed E-state index contributed by atoms with van der Waals surface area (Å²) < 4.78 is 1.79. The Morgan fingerprint density at radius 2 is 2.33 bits per heavy atom. The van der Waals surface area contributed by atoms with Crippen molar-refractivity contribution in [3.8, 4) is 0 Å². The summed E-state index contributed by atoms with van der Waals surface area (Å²) in [6, 6.07) is 0. The molecule has 5 heteroatoms. The lowest BCUT2D eigenvalue weighted by Crippen LogP contribution is -2.10. The molecular weight excluding hydrogens is 192 g/mol. The van der Waals surface area contributed by atoms with Crippen molar-refractivity contribution in [2.24, 2.45) is 0 Å². The Labute approximate surface area is 86.5 Å². The molecule has 0 aliphatic heterocycles. The standard InChI is InChI=1S/C10H12N4O/c1-2-3-4-5-14-7-13-9-8(14)10(15)12-6-11-9/h3-4,6-7H,2,5H2,1H3,(H,11,12,15)/b4-3+. The number of rotatable bonds is 3. The van der Waals surface area contributed by atoms with E-state index >= 15 is 0 Å². The maximum Gasteiger partial charge on any atom is 0.276 e. The van der Waals surface area contributed by atoms with Crippen LogP contribution in [0.3, 0.4) is 0 Å². The maximum absolute atomic E-state index is 11.5. The molecular formula is C10H12N4O. The van der Waals surface area contributed by atoms with Crippen molar-refractivity contribution in [3.05, 3.63) is 35.2 Å². The predicted molar refractivity (Wildman–Crippen MR) is 57.6 cm³/mol. The highest BCUT2D eigenvalue weighted by Gasteiger charge is 2.05. The van der Waals surface area contributed by atoms with Gasteiger partial charge in [-0.05, 0) is 6.42 Å². The molecule has 0 aliphatic rings. The average molecular weight is 204 g/mol. The minimum atomic E-state index is -0.151. The summed E-state index contributed by atoms with van der Waals surface area (Å²) in [6.45, 7) is 2.72. The van der Waals surface area contributed by atoms with Crippen LogP contribution in [0.2, 0.25) is 0 Å². The fourth-order valence-electron chi connectivity index (χ4n) is 1.41. The lowest BCUT2D eigenvalue weighted by molar-refractivity contribution is 0.840. The molecule has 2 aromatic rings. The largest absolute Gasteiger partial charge is 0.321 e. The van der Waals surface area contributed by atoms with Gasteiger partial charge < -0.3 is 9.55 Å². The van der Waals surface area contributed by atoms with Gasteiger partial charge in [0.2, 0.25) is 0 Å². The first-order valence-electron chi connectivity index (χ1n) is 4.86. The molecule has 0 saturated heterocycles. The SMILES string of the molecule is CC/C=C/Cn1cnc2nc[nH]c(=O)c21. The van der Waals surface area contributed by atoms with E-state index in [0.29, 0.717) is 17.7 Å². The van der Waals surface area contributed by atoms with Gasteiger partial charge >= 0.3 is 0 Å². The smallest absolute Gasteiger partial charge is 0.276 e. The molecule has 15 heavy (non-hydrogen) atoms. The number of hydrogen-bond acceptors (Lipinski definition) is 3. The highest BCUT2D eigenvalue weighted by Crippen LogP contribution is 2.03. The number of allylic oxidation sites excluding steroid dienone is 2. The lowest BCUT2D eigenvalue weighted by Gasteiger charge is -1.96. The number of nitrogens with zero attached hydrogens (tertiary/aromatic N) is 3. The molecule has 0 saturated carbocycles. The monoisotopic (exact) mass is 204 g/mol. The molecule has 0 radical (unpaired) electrons. The van der Waals surface area contributed by atoms with Gasteiger partial charge in [0.1, 0.15) is 0 Å². The van der Waals surface area contributed by atoms with E-state index < -0.39 is 0 Å². The second kappa shape index (κ2) is 4.08. The molecule has 0 aliphatic carbocycles. The van der Waals surface area contributed by atoms with E-state index in [9.17, 15) is 4.79 Å². The molecule has 5 nitrogen and oxygen atoms in total. The lowest BCUT2D eigenvalue weighted by atomic mass is 10.4. The summed E-state index contributed by atoms with van der Waals surface area (Å²) in [5.41, 5.74) is 0.865. The zero-order valence-corrected chi connectivity index (χ0v) is 8.47. The molecule has 0 atom stereocenters. The first-order valence-corrected chi connectivity index (χ1v) is 4.86. The number of aromatic nitrogens is 4. The third-order valence-electron chi connectivity index (χ3n) is 2.12. The number of nitrogens with one attached hydrogen (secondary N) is 1. The van der Waals surface area contributed by atoms with E-state index in [0.717, 1.165) is 6.42 Å². The molecule has 0 spiro atoms. The Balaban J connectivity index is 2.44. The summed E-state index contributed by atoms with van der Waals surface area (Å²) in [4.78, 5) is 22.1. The molecule has 0 amide bonds. The third-order valence-corrected chi connectivity index (χ3v) is 2.12. The molecule has 1 N–H and O–H groups in total. The van der Waals surface area contributed by atoms with E-state index in [1.807, 2.05) is 6.08 Å². The van der Waals surface area contributed by atoms with Crippen molar-refractivity contribution in [1.29, 1.82) is 0 Å². The van der Waals surface area contributed by atoms with Gasteiger partial charge in [0.25, 0.3) is 5.56 Å². The van der Waals surface area contributed by atoms with Crippen molar-refractivity contribution >= 4 is 11.2 Å². The van der Waals surface area contributed by atoms with Gasteiger partial charge in [-0.1, -0.05) is 19.1 Å². The van der Waals surface area contributed by atoms with Crippen LogP contribution in [0.15, 0.2) is 29.6 Å². The van der Waals surface area contributed by atoms with E-state index in [1.165, 1.54) is 6.33 Å². The summed E-state index contributed by atoms with van der Waals surface area (Å²) >= 11 is 0. The summed E-state index contributed by atoms with van der Waals surface area (Å²) in [5.74, 6) is 0. The number of fused-ring (bicyclic) bond motifs is 1. The Morgan fingerprint density at radius 1 is 1.47 bits per heavy atom. The van der Waals surface area contributed by atoms with Gasteiger partial charge in [0.05, 0.1) is 12.7 Å². The van der Waals surface area contributed by atoms with Crippen LogP contribution in [-0.2, 0) is 6.54 Å². The molecule has 2 aromatic heterocycles. The highest BCUT2D eigenvalue weighted by atomic mass is 16.1. The van der Waals surface area contributed by atoms with Gasteiger partial charge in [-0.25, -0.2) is 9.97 Å². The van der Waals surface area contributed by atoms with Crippen LogP contribution in [-0.4, -0.2) is 19.5 Å². The molecule has 0 aromatic carbocycles. The van der Waals surface area contributed by atoms with Crippen molar-refractivity contribution in [2.45, 2.75) is 19.9 Å². The molecule has 0 unspecified atom stereocenters. The van der Waals surface area contributed by atoms with Crippen LogP contribution in [0.25, 0.3) is 11.2 Å². The first kappa shape index (κ1) is 9.64. The molecule has 2 heterocycles. The van der Waals surface area contributed by atoms with Crippen LogP contribution in [0, 0.1) is 0 Å². The Morgan fingerprint density at radius 3 is 3.13 bits per heavy atom. The van der Waals surface area contributed by atoms with Crippen molar-refractivity contribution in [2.75, 3.05) is 0 Å². The van der Waals surface area contributed by atoms with Crippen molar-refractivity contribution < 1.29 is 0 Å². The Kier molecular flexibility index (Phi) is 2.62. The molecule has 2 rings (SSSR count). The van der Waals surface area contributed by atoms with Gasteiger partial charge in [-0.15, -0.1) is 0 Å².